The van der Waals surface area contributed by atoms with Crippen LogP contribution in [0.2, 0.25) is 0 Å². The third-order valence-electron chi connectivity index (χ3n) is 2.25. The van der Waals surface area contributed by atoms with Crippen molar-refractivity contribution in [1.29, 1.82) is 0 Å². The highest BCUT2D eigenvalue weighted by atomic mass is 16.5. The molecule has 3 heteroatoms. The van der Waals surface area contributed by atoms with Gasteiger partial charge in [-0.25, -0.2) is 4.79 Å². The van der Waals surface area contributed by atoms with E-state index < -0.39 is 0 Å². The van der Waals surface area contributed by atoms with Crippen LogP contribution in [0.5, 0.6) is 5.75 Å². The summed E-state index contributed by atoms with van der Waals surface area (Å²) in [6.07, 6.45) is 0.444. The Labute approximate surface area is 101 Å². The largest absolute Gasteiger partial charge is 0.497 e. The van der Waals surface area contributed by atoms with Crippen LogP contribution in [-0.2, 0) is 16.0 Å². The number of carbonyl (C=O) groups excluding carboxylic acids is 1. The van der Waals surface area contributed by atoms with Gasteiger partial charge in [0, 0.05) is 6.42 Å². The maximum Gasteiger partial charge on any atom is 0.342 e. The van der Waals surface area contributed by atoms with Gasteiger partial charge in [0.2, 0.25) is 0 Å². The molecule has 0 spiro atoms. The molecule has 0 aliphatic heterocycles. The van der Waals surface area contributed by atoms with Gasteiger partial charge in [0.15, 0.2) is 0 Å². The number of ether oxygens (including phenoxy) is 2. The van der Waals surface area contributed by atoms with Crippen molar-refractivity contribution in [3.8, 4) is 5.75 Å². The topological polar surface area (TPSA) is 35.5 Å². The quantitative estimate of drug-likeness (QED) is 0.444. The zero-order valence-corrected chi connectivity index (χ0v) is 10.2. The Morgan fingerprint density at radius 3 is 2.82 bits per heavy atom. The molecular formula is C14H16O3. The van der Waals surface area contributed by atoms with Crippen LogP contribution in [0.3, 0.4) is 0 Å². The maximum atomic E-state index is 11.5. The van der Waals surface area contributed by atoms with E-state index in [4.69, 9.17) is 9.47 Å². The Kier molecular flexibility index (Phi) is 5.05. The highest BCUT2D eigenvalue weighted by molar-refractivity contribution is 5.88. The molecule has 0 unspecified atom stereocenters. The zero-order valence-electron chi connectivity index (χ0n) is 10.2. The Hall–Kier alpha value is -1.99. The molecule has 90 valence electrons. The van der Waals surface area contributed by atoms with Crippen LogP contribution in [0.4, 0.5) is 0 Å². The maximum absolute atomic E-state index is 11.5. The van der Waals surface area contributed by atoms with Gasteiger partial charge in [-0.15, -0.1) is 5.73 Å². The first kappa shape index (κ1) is 13.1. The van der Waals surface area contributed by atoms with Crippen LogP contribution in [0.1, 0.15) is 12.5 Å². The van der Waals surface area contributed by atoms with Gasteiger partial charge in [-0.3, -0.25) is 0 Å². The molecule has 17 heavy (non-hydrogen) atoms. The first-order valence-corrected chi connectivity index (χ1v) is 5.40. The van der Waals surface area contributed by atoms with E-state index in [1.165, 1.54) is 0 Å². The molecule has 0 bridgehead atoms. The normalized spacial score (nSPS) is 9.29. The lowest BCUT2D eigenvalue weighted by atomic mass is 10.1. The number of carbonyl (C=O) groups is 1. The van der Waals surface area contributed by atoms with Crippen LogP contribution in [0, 0.1) is 0 Å². The molecular weight excluding hydrogens is 216 g/mol. The molecule has 0 heterocycles. The lowest BCUT2D eigenvalue weighted by molar-refractivity contribution is -0.138. The van der Waals surface area contributed by atoms with Crippen molar-refractivity contribution >= 4 is 5.97 Å². The molecule has 1 aromatic carbocycles. The second-order valence-corrected chi connectivity index (χ2v) is 3.40. The van der Waals surface area contributed by atoms with Crippen LogP contribution in [-0.4, -0.2) is 19.7 Å². The van der Waals surface area contributed by atoms with Crippen molar-refractivity contribution in [2.45, 2.75) is 13.3 Å². The first-order valence-electron chi connectivity index (χ1n) is 5.40. The predicted octanol–water partition coefficient (Wildman–Crippen LogP) is 2.51. The minimum atomic E-state index is -0.370. The van der Waals surface area contributed by atoms with Gasteiger partial charge in [-0.05, 0) is 24.6 Å². The Bertz CT molecular complexity index is 443. The standard InChI is InChI=1S/C14H16O3/c1-4-12(14(15)17-5-2)9-11-7-6-8-13(10-11)16-3/h6-8,10H,1,5,9H2,2-3H3. The predicted molar refractivity (Wildman–Crippen MR) is 66.0 cm³/mol. The summed E-state index contributed by atoms with van der Waals surface area (Å²) < 4.78 is 10.0. The van der Waals surface area contributed by atoms with Crippen molar-refractivity contribution in [1.82, 2.24) is 0 Å². The summed E-state index contributed by atoms with van der Waals surface area (Å²) in [6.45, 7) is 5.63. The molecule has 0 saturated carbocycles. The van der Waals surface area contributed by atoms with Gasteiger partial charge in [-0.2, -0.15) is 0 Å². The monoisotopic (exact) mass is 232 g/mol. The Morgan fingerprint density at radius 1 is 1.47 bits per heavy atom. The number of esters is 1. The van der Waals surface area contributed by atoms with E-state index in [2.05, 4.69) is 12.3 Å². The SMILES string of the molecule is C=C=C(Cc1cccc(OC)c1)C(=O)OCC. The third kappa shape index (κ3) is 3.82. The van der Waals surface area contributed by atoms with Gasteiger partial charge in [-0.1, -0.05) is 18.7 Å². The Morgan fingerprint density at radius 2 is 2.24 bits per heavy atom. The van der Waals surface area contributed by atoms with E-state index in [0.29, 0.717) is 18.6 Å². The molecule has 3 nitrogen and oxygen atoms in total. The van der Waals surface area contributed by atoms with E-state index in [-0.39, 0.29) is 5.97 Å². The van der Waals surface area contributed by atoms with Crippen molar-refractivity contribution in [2.24, 2.45) is 0 Å². The molecule has 0 amide bonds. The molecule has 0 aliphatic rings. The third-order valence-corrected chi connectivity index (χ3v) is 2.25. The van der Waals surface area contributed by atoms with Crippen molar-refractivity contribution in [3.05, 3.63) is 47.7 Å². The molecule has 0 aliphatic carbocycles. The van der Waals surface area contributed by atoms with Crippen molar-refractivity contribution in [2.75, 3.05) is 13.7 Å². The average Bonchev–Trinajstić information content (AvgIpc) is 2.36. The van der Waals surface area contributed by atoms with E-state index in [1.807, 2.05) is 24.3 Å². The fourth-order valence-electron chi connectivity index (χ4n) is 1.41. The second kappa shape index (κ2) is 6.56. The fourth-order valence-corrected chi connectivity index (χ4v) is 1.41. The van der Waals surface area contributed by atoms with Crippen LogP contribution >= 0.6 is 0 Å². The molecule has 0 N–H and O–H groups in total. The number of hydrogen-bond acceptors (Lipinski definition) is 3. The van der Waals surface area contributed by atoms with Crippen LogP contribution in [0.15, 0.2) is 42.1 Å². The van der Waals surface area contributed by atoms with Gasteiger partial charge >= 0.3 is 5.97 Å². The van der Waals surface area contributed by atoms with E-state index in [1.54, 1.807) is 14.0 Å². The van der Waals surface area contributed by atoms with E-state index >= 15 is 0 Å². The van der Waals surface area contributed by atoms with Crippen molar-refractivity contribution < 1.29 is 14.3 Å². The summed E-state index contributed by atoms with van der Waals surface area (Å²) in [7, 11) is 1.61. The minimum Gasteiger partial charge on any atom is -0.497 e. The molecule has 0 fully saturated rings. The number of benzene rings is 1. The molecule has 0 aromatic heterocycles. The first-order chi connectivity index (χ1) is 8.21. The summed E-state index contributed by atoms with van der Waals surface area (Å²) in [6, 6.07) is 7.51. The number of methoxy groups -OCH3 is 1. The van der Waals surface area contributed by atoms with Crippen LogP contribution in [0.25, 0.3) is 0 Å². The van der Waals surface area contributed by atoms with Gasteiger partial charge in [0.05, 0.1) is 19.3 Å². The lowest BCUT2D eigenvalue weighted by Gasteiger charge is -2.06. The summed E-state index contributed by atoms with van der Waals surface area (Å²) in [5.41, 5.74) is 4.02. The van der Waals surface area contributed by atoms with Crippen LogP contribution < -0.4 is 4.74 Å². The average molecular weight is 232 g/mol. The highest BCUT2D eigenvalue weighted by Gasteiger charge is 2.10. The Balaban J connectivity index is 2.81. The van der Waals surface area contributed by atoms with Gasteiger partial charge in [0.1, 0.15) is 5.75 Å². The smallest absolute Gasteiger partial charge is 0.342 e. The molecule has 0 radical (unpaired) electrons. The molecule has 1 aromatic rings. The molecule has 0 saturated heterocycles. The van der Waals surface area contributed by atoms with E-state index in [9.17, 15) is 4.79 Å². The number of hydrogen-bond donors (Lipinski definition) is 0. The summed E-state index contributed by atoms with van der Waals surface area (Å²) in [5, 5.41) is 0. The van der Waals surface area contributed by atoms with Crippen molar-refractivity contribution in [3.63, 3.8) is 0 Å². The molecule has 1 rings (SSSR count). The summed E-state index contributed by atoms with van der Waals surface area (Å²) in [4.78, 5) is 11.5. The summed E-state index contributed by atoms with van der Waals surface area (Å²) >= 11 is 0. The fraction of sp³-hybridized carbons (Fsp3) is 0.286. The highest BCUT2D eigenvalue weighted by Crippen LogP contribution is 2.15. The number of rotatable bonds is 5. The molecule has 0 atom stereocenters. The second-order valence-electron chi connectivity index (χ2n) is 3.40. The lowest BCUT2D eigenvalue weighted by Crippen LogP contribution is -2.09. The zero-order chi connectivity index (χ0) is 12.7. The van der Waals surface area contributed by atoms with Gasteiger partial charge in [0.25, 0.3) is 0 Å². The van der Waals surface area contributed by atoms with Gasteiger partial charge < -0.3 is 9.47 Å². The summed E-state index contributed by atoms with van der Waals surface area (Å²) in [5.74, 6) is 0.389. The van der Waals surface area contributed by atoms with E-state index in [0.717, 1.165) is 11.3 Å². The minimum absolute atomic E-state index is 0.349.